The normalized spacial score (nSPS) is 12.9. The zero-order chi connectivity index (χ0) is 10.5. The Balaban J connectivity index is -0.000000720. The van der Waals surface area contributed by atoms with Crippen LogP contribution in [0.3, 0.4) is 0 Å². The van der Waals surface area contributed by atoms with Crippen molar-refractivity contribution < 1.29 is 38.0 Å². The molecule has 1 atom stereocenters. The van der Waals surface area contributed by atoms with Gasteiger partial charge >= 0.3 is 24.8 Å². The minimum atomic E-state index is -2.71. The van der Waals surface area contributed by atoms with E-state index in [-0.39, 0.29) is 26.7 Å². The largest absolute Gasteiger partial charge is 1.00 e. The molecule has 0 fully saturated rings. The summed E-state index contributed by atoms with van der Waals surface area (Å²) in [6.45, 7) is 6.41. The summed E-state index contributed by atoms with van der Waals surface area (Å²) in [6.07, 6.45) is 0.209. The molecule has 0 aromatic carbocycles. The smallest absolute Gasteiger partial charge is 1.00 e. The van der Waals surface area contributed by atoms with Gasteiger partial charge in [-0.1, -0.05) is 26.1 Å². The van der Waals surface area contributed by atoms with Crippen LogP contribution in [0.25, 0.3) is 0 Å². The van der Waals surface area contributed by atoms with Crippen LogP contribution in [0.15, 0.2) is 0 Å². The Kier molecular flexibility index (Phi) is 9.19. The molecule has 4 nitrogen and oxygen atoms in total. The molecule has 0 bridgehead atoms. The van der Waals surface area contributed by atoms with Gasteiger partial charge in [0.05, 0.1) is 0 Å². The Labute approximate surface area is 102 Å². The summed E-state index contributed by atoms with van der Waals surface area (Å²) in [7, 11) is -1.29. The third-order valence-electron chi connectivity index (χ3n) is 2.12. The third-order valence-corrected chi connectivity index (χ3v) is 5.96. The maximum atomic E-state index is 10.8. The van der Waals surface area contributed by atoms with Crippen molar-refractivity contribution in [3.05, 3.63) is 0 Å². The molecule has 0 aromatic rings. The van der Waals surface area contributed by atoms with Crippen molar-refractivity contribution in [1.82, 2.24) is 0 Å². The van der Waals surface area contributed by atoms with Crippen molar-refractivity contribution in [2.75, 3.05) is 0 Å². The van der Waals surface area contributed by atoms with Gasteiger partial charge in [-0.05, 0) is 6.04 Å². The fourth-order valence-electron chi connectivity index (χ4n) is 0.735. The SMILES string of the molecule is CC[Si](C)(C)CCC(=O)OS(=O)[O-].[H-].[Li+]. The van der Waals surface area contributed by atoms with Gasteiger partial charge in [-0.3, -0.25) is 4.79 Å². The maximum absolute atomic E-state index is 10.8. The molecule has 7 heteroatoms. The molecule has 0 aliphatic rings. The molecular formula is C7H16LiO4SSi-. The molecule has 0 saturated carbocycles. The summed E-state index contributed by atoms with van der Waals surface area (Å²) in [4.78, 5) is 10.8. The second-order valence-corrected chi connectivity index (χ2v) is 9.79. The number of carbonyl (C=O) groups is 1. The summed E-state index contributed by atoms with van der Waals surface area (Å²) < 4.78 is 23.9. The predicted molar refractivity (Wildman–Crippen MR) is 53.5 cm³/mol. The molecule has 0 aromatic heterocycles. The first-order chi connectivity index (χ1) is 5.87. The van der Waals surface area contributed by atoms with Gasteiger partial charge in [-0.15, -0.1) is 0 Å². The molecule has 0 amide bonds. The molecule has 80 valence electrons. The fourth-order valence-corrected chi connectivity index (χ4v) is 2.20. The van der Waals surface area contributed by atoms with E-state index in [1.54, 1.807) is 0 Å². The Morgan fingerprint density at radius 3 is 2.43 bits per heavy atom. The molecule has 1 unspecified atom stereocenters. The van der Waals surface area contributed by atoms with Crippen LogP contribution >= 0.6 is 0 Å². The van der Waals surface area contributed by atoms with Crippen molar-refractivity contribution in [1.29, 1.82) is 0 Å². The molecule has 0 aliphatic heterocycles. The van der Waals surface area contributed by atoms with Crippen LogP contribution in [-0.4, -0.2) is 22.8 Å². The summed E-state index contributed by atoms with van der Waals surface area (Å²) in [5.74, 6) is -0.651. The van der Waals surface area contributed by atoms with Gasteiger partial charge in [0.25, 0.3) is 0 Å². The Morgan fingerprint density at radius 1 is 1.57 bits per heavy atom. The van der Waals surface area contributed by atoms with E-state index < -0.39 is 25.4 Å². The molecule has 0 saturated heterocycles. The van der Waals surface area contributed by atoms with Crippen molar-refractivity contribution in [2.24, 2.45) is 0 Å². The van der Waals surface area contributed by atoms with Crippen molar-refractivity contribution in [3.63, 3.8) is 0 Å². The van der Waals surface area contributed by atoms with E-state index in [0.717, 1.165) is 12.1 Å². The minimum absolute atomic E-state index is 0. The van der Waals surface area contributed by atoms with Gasteiger partial charge < -0.3 is 10.2 Å². The molecule has 0 N–H and O–H groups in total. The monoisotopic (exact) mass is 231 g/mol. The minimum Gasteiger partial charge on any atom is -1.00 e. The van der Waals surface area contributed by atoms with Crippen molar-refractivity contribution in [2.45, 2.75) is 38.5 Å². The van der Waals surface area contributed by atoms with E-state index in [1.807, 2.05) is 0 Å². The molecule has 0 spiro atoms. The molecule has 0 radical (unpaired) electrons. The van der Waals surface area contributed by atoms with E-state index in [4.69, 9.17) is 0 Å². The second-order valence-electron chi connectivity index (χ2n) is 3.68. The quantitative estimate of drug-likeness (QED) is 0.429. The number of hydrogen-bond acceptors (Lipinski definition) is 4. The van der Waals surface area contributed by atoms with Gasteiger partial charge in [0.15, 0.2) is 0 Å². The fraction of sp³-hybridized carbons (Fsp3) is 0.857. The summed E-state index contributed by atoms with van der Waals surface area (Å²) in [5, 5.41) is 0. The van der Waals surface area contributed by atoms with Gasteiger partial charge in [-0.25, -0.2) is 4.21 Å². The topological polar surface area (TPSA) is 66.4 Å². The molecule has 0 heterocycles. The first-order valence-corrected chi connectivity index (χ1v) is 8.59. The Hall–Kier alpha value is 0.394. The van der Waals surface area contributed by atoms with Gasteiger partial charge in [0.2, 0.25) is 0 Å². The number of carbonyl (C=O) groups excluding carboxylic acids is 1. The standard InChI is InChI=1S/C7H16O4SSi.Li.H/c1-4-13(2,3)6-5-7(8)11-12(9)10;;/h4-6H2,1-3H3,(H,9,10);;/q;+1;-1/p-1. The van der Waals surface area contributed by atoms with Gasteiger partial charge in [-0.2, -0.15) is 0 Å². The summed E-state index contributed by atoms with van der Waals surface area (Å²) in [5.41, 5.74) is 0. The summed E-state index contributed by atoms with van der Waals surface area (Å²) in [6, 6.07) is 1.86. The van der Waals surface area contributed by atoms with Crippen LogP contribution in [-0.2, 0) is 20.3 Å². The second kappa shape index (κ2) is 7.66. The number of hydrogen-bond donors (Lipinski definition) is 0. The van der Waals surface area contributed by atoms with Gasteiger partial charge in [0, 0.05) is 14.5 Å². The maximum Gasteiger partial charge on any atom is 1.00 e. The van der Waals surface area contributed by atoms with Gasteiger partial charge in [0.1, 0.15) is 11.4 Å². The zero-order valence-corrected chi connectivity index (χ0v) is 11.0. The zero-order valence-electron chi connectivity index (χ0n) is 10.2. The Bertz CT molecular complexity index is 215. The van der Waals surface area contributed by atoms with Crippen molar-refractivity contribution in [3.8, 4) is 0 Å². The van der Waals surface area contributed by atoms with E-state index >= 15 is 0 Å². The van der Waals surface area contributed by atoms with Crippen LogP contribution in [0.5, 0.6) is 0 Å². The summed E-state index contributed by atoms with van der Waals surface area (Å²) >= 11 is -2.71. The Morgan fingerprint density at radius 2 is 2.07 bits per heavy atom. The van der Waals surface area contributed by atoms with E-state index in [2.05, 4.69) is 24.2 Å². The average Bonchev–Trinajstić information content (AvgIpc) is 2.00. The van der Waals surface area contributed by atoms with Crippen molar-refractivity contribution >= 4 is 25.4 Å². The van der Waals surface area contributed by atoms with Crippen LogP contribution in [0.1, 0.15) is 14.8 Å². The van der Waals surface area contributed by atoms with Crippen LogP contribution in [0.2, 0.25) is 25.2 Å². The van der Waals surface area contributed by atoms with E-state index in [9.17, 15) is 13.6 Å². The van der Waals surface area contributed by atoms with Crippen LogP contribution in [0, 0.1) is 0 Å². The average molecular weight is 231 g/mol. The van der Waals surface area contributed by atoms with E-state index in [1.165, 1.54) is 0 Å². The predicted octanol–water partition coefficient (Wildman–Crippen LogP) is -1.44. The third kappa shape index (κ3) is 8.97. The first-order valence-electron chi connectivity index (χ1n) is 4.18. The molecule has 0 rings (SSSR count). The van der Waals surface area contributed by atoms with E-state index in [0.29, 0.717) is 0 Å². The molecule has 0 aliphatic carbocycles. The molecular weight excluding hydrogens is 215 g/mol. The molecule has 14 heavy (non-hydrogen) atoms. The number of rotatable bonds is 5. The van der Waals surface area contributed by atoms with Crippen LogP contribution in [0.4, 0.5) is 0 Å². The van der Waals surface area contributed by atoms with Crippen LogP contribution < -0.4 is 18.9 Å². The first kappa shape index (κ1) is 16.8.